The van der Waals surface area contributed by atoms with Crippen LogP contribution in [0.3, 0.4) is 0 Å². The van der Waals surface area contributed by atoms with E-state index in [0.717, 1.165) is 17.7 Å². The summed E-state index contributed by atoms with van der Waals surface area (Å²) >= 11 is 0. The molecule has 7 heteroatoms. The molecule has 0 unspecified atom stereocenters. The zero-order valence-electron chi connectivity index (χ0n) is 8.68. The van der Waals surface area contributed by atoms with Crippen LogP contribution in [0.15, 0.2) is 0 Å². The quantitative estimate of drug-likeness (QED) is 0.503. The minimum absolute atomic E-state index is 0.184. The van der Waals surface area contributed by atoms with Gasteiger partial charge in [0.25, 0.3) is 0 Å². The normalized spacial score (nSPS) is 14.8. The first-order valence-corrected chi connectivity index (χ1v) is 4.92. The Kier molecular flexibility index (Phi) is 4.24. The lowest BCUT2D eigenvalue weighted by molar-refractivity contribution is -0.142. The van der Waals surface area contributed by atoms with E-state index in [-0.39, 0.29) is 18.5 Å². The van der Waals surface area contributed by atoms with Gasteiger partial charge in [-0.3, -0.25) is 19.3 Å². The van der Waals surface area contributed by atoms with Crippen molar-refractivity contribution in [3.8, 4) is 0 Å². The fraction of sp³-hybridized carbons (Fsp3) is 0.667. The molecule has 0 atom stereocenters. The molecule has 0 spiro atoms. The molecule has 0 bridgehead atoms. The number of carboxylic acids is 2. The molecule has 1 aliphatic carbocycles. The number of hydrogen-bond donors (Lipinski definition) is 3. The Labute approximate surface area is 92.0 Å². The molecular formula is C9H14N2O5. The summed E-state index contributed by atoms with van der Waals surface area (Å²) in [6, 6.07) is 0.184. The van der Waals surface area contributed by atoms with Crippen molar-refractivity contribution in [2.75, 3.05) is 19.6 Å². The summed E-state index contributed by atoms with van der Waals surface area (Å²) < 4.78 is 0. The molecule has 0 radical (unpaired) electrons. The van der Waals surface area contributed by atoms with Crippen molar-refractivity contribution in [2.45, 2.75) is 18.9 Å². The third-order valence-electron chi connectivity index (χ3n) is 2.03. The van der Waals surface area contributed by atoms with Crippen LogP contribution in [0.1, 0.15) is 12.8 Å². The van der Waals surface area contributed by atoms with Crippen molar-refractivity contribution in [3.63, 3.8) is 0 Å². The zero-order chi connectivity index (χ0) is 12.1. The molecule has 0 saturated heterocycles. The van der Waals surface area contributed by atoms with Crippen molar-refractivity contribution < 1.29 is 24.6 Å². The highest BCUT2D eigenvalue weighted by atomic mass is 16.4. The number of amides is 1. The number of nitrogens with zero attached hydrogens (tertiary/aromatic N) is 1. The summed E-state index contributed by atoms with van der Waals surface area (Å²) in [4.78, 5) is 33.3. The van der Waals surface area contributed by atoms with Crippen LogP contribution in [0, 0.1) is 0 Å². The van der Waals surface area contributed by atoms with Gasteiger partial charge in [-0.05, 0) is 12.8 Å². The standard InChI is InChI=1S/C9H14N2O5/c12-7(10-6-1-2-6)3-11(4-8(13)14)5-9(15)16/h6H,1-5H2,(H,10,12)(H,13,14)(H,15,16). The largest absolute Gasteiger partial charge is 0.480 e. The predicted octanol–water partition coefficient (Wildman–Crippen LogP) is -1.26. The number of carbonyl (C=O) groups excluding carboxylic acids is 1. The molecule has 7 nitrogen and oxygen atoms in total. The Morgan fingerprint density at radius 2 is 1.56 bits per heavy atom. The van der Waals surface area contributed by atoms with E-state index in [9.17, 15) is 14.4 Å². The molecule has 0 heterocycles. The van der Waals surface area contributed by atoms with E-state index in [1.165, 1.54) is 0 Å². The predicted molar refractivity (Wildman–Crippen MR) is 52.9 cm³/mol. The molecule has 1 fully saturated rings. The molecule has 1 amide bonds. The van der Waals surface area contributed by atoms with Crippen LogP contribution in [0.4, 0.5) is 0 Å². The van der Waals surface area contributed by atoms with Crippen molar-refractivity contribution >= 4 is 17.8 Å². The van der Waals surface area contributed by atoms with E-state index >= 15 is 0 Å². The number of rotatable bonds is 7. The average Bonchev–Trinajstić information content (AvgIpc) is 2.84. The lowest BCUT2D eigenvalue weighted by atomic mass is 10.4. The fourth-order valence-corrected chi connectivity index (χ4v) is 1.25. The smallest absolute Gasteiger partial charge is 0.317 e. The summed E-state index contributed by atoms with van der Waals surface area (Å²) in [6.07, 6.45) is 1.87. The van der Waals surface area contributed by atoms with Crippen LogP contribution in [-0.4, -0.2) is 58.6 Å². The Balaban J connectivity index is 2.37. The topological polar surface area (TPSA) is 107 Å². The number of carboxylic acid groups (broad SMARTS) is 2. The first-order chi connectivity index (χ1) is 7.47. The van der Waals surface area contributed by atoms with Gasteiger partial charge in [0.15, 0.2) is 0 Å². The monoisotopic (exact) mass is 230 g/mol. The van der Waals surface area contributed by atoms with Crippen molar-refractivity contribution in [1.82, 2.24) is 10.2 Å². The Morgan fingerprint density at radius 1 is 1.06 bits per heavy atom. The van der Waals surface area contributed by atoms with Gasteiger partial charge in [-0.2, -0.15) is 0 Å². The van der Waals surface area contributed by atoms with Gasteiger partial charge in [0.2, 0.25) is 5.91 Å². The highest BCUT2D eigenvalue weighted by molar-refractivity contribution is 5.80. The second-order valence-electron chi connectivity index (χ2n) is 3.77. The molecule has 0 aromatic carbocycles. The van der Waals surface area contributed by atoms with Gasteiger partial charge in [-0.1, -0.05) is 0 Å². The first-order valence-electron chi connectivity index (χ1n) is 4.92. The van der Waals surface area contributed by atoms with Gasteiger partial charge >= 0.3 is 11.9 Å². The maximum atomic E-state index is 11.3. The number of carbonyl (C=O) groups is 3. The van der Waals surface area contributed by atoms with E-state index < -0.39 is 25.0 Å². The molecule has 3 N–H and O–H groups in total. The Bertz CT molecular complexity index is 284. The summed E-state index contributed by atoms with van der Waals surface area (Å²) in [6.45, 7) is -1.11. The summed E-state index contributed by atoms with van der Waals surface area (Å²) in [5, 5.41) is 19.7. The van der Waals surface area contributed by atoms with E-state index in [0.29, 0.717) is 0 Å². The highest BCUT2D eigenvalue weighted by Crippen LogP contribution is 2.18. The third kappa shape index (κ3) is 5.30. The van der Waals surface area contributed by atoms with Crippen LogP contribution in [-0.2, 0) is 14.4 Å². The fourth-order valence-electron chi connectivity index (χ4n) is 1.25. The summed E-state index contributed by atoms with van der Waals surface area (Å²) in [5.41, 5.74) is 0. The van der Waals surface area contributed by atoms with Gasteiger partial charge in [-0.15, -0.1) is 0 Å². The van der Waals surface area contributed by atoms with Crippen molar-refractivity contribution in [3.05, 3.63) is 0 Å². The van der Waals surface area contributed by atoms with E-state index in [2.05, 4.69) is 5.32 Å². The van der Waals surface area contributed by atoms with Crippen LogP contribution in [0.25, 0.3) is 0 Å². The number of hydrogen-bond acceptors (Lipinski definition) is 4. The molecular weight excluding hydrogens is 216 g/mol. The second kappa shape index (κ2) is 5.45. The third-order valence-corrected chi connectivity index (χ3v) is 2.03. The lowest BCUT2D eigenvalue weighted by Gasteiger charge is -2.17. The minimum atomic E-state index is -1.15. The Hall–Kier alpha value is -1.63. The van der Waals surface area contributed by atoms with E-state index in [4.69, 9.17) is 10.2 Å². The van der Waals surface area contributed by atoms with E-state index in [1.54, 1.807) is 0 Å². The molecule has 16 heavy (non-hydrogen) atoms. The van der Waals surface area contributed by atoms with Crippen molar-refractivity contribution in [1.29, 1.82) is 0 Å². The van der Waals surface area contributed by atoms with Crippen molar-refractivity contribution in [2.24, 2.45) is 0 Å². The molecule has 0 aromatic rings. The van der Waals surface area contributed by atoms with Gasteiger partial charge < -0.3 is 15.5 Å². The summed E-state index contributed by atoms with van der Waals surface area (Å²) in [5.74, 6) is -2.63. The van der Waals surface area contributed by atoms with Crippen LogP contribution in [0.5, 0.6) is 0 Å². The van der Waals surface area contributed by atoms with Gasteiger partial charge in [0, 0.05) is 6.04 Å². The van der Waals surface area contributed by atoms with Crippen LogP contribution in [0.2, 0.25) is 0 Å². The second-order valence-corrected chi connectivity index (χ2v) is 3.77. The van der Waals surface area contributed by atoms with Crippen LogP contribution < -0.4 is 5.32 Å². The zero-order valence-corrected chi connectivity index (χ0v) is 8.68. The number of aliphatic carboxylic acids is 2. The van der Waals surface area contributed by atoms with Gasteiger partial charge in [0.1, 0.15) is 0 Å². The molecule has 0 aliphatic heterocycles. The lowest BCUT2D eigenvalue weighted by Crippen LogP contribution is -2.42. The Morgan fingerprint density at radius 3 is 1.94 bits per heavy atom. The maximum absolute atomic E-state index is 11.3. The average molecular weight is 230 g/mol. The minimum Gasteiger partial charge on any atom is -0.480 e. The summed E-state index contributed by atoms with van der Waals surface area (Å²) in [7, 11) is 0. The molecule has 1 aliphatic rings. The number of nitrogens with one attached hydrogen (secondary N) is 1. The molecule has 1 rings (SSSR count). The first kappa shape index (κ1) is 12.4. The van der Waals surface area contributed by atoms with E-state index in [1.807, 2.05) is 0 Å². The highest BCUT2D eigenvalue weighted by Gasteiger charge is 2.25. The van der Waals surface area contributed by atoms with Gasteiger partial charge in [0.05, 0.1) is 19.6 Å². The molecule has 0 aromatic heterocycles. The van der Waals surface area contributed by atoms with Gasteiger partial charge in [-0.25, -0.2) is 0 Å². The maximum Gasteiger partial charge on any atom is 0.317 e. The molecule has 90 valence electrons. The molecule has 1 saturated carbocycles. The van der Waals surface area contributed by atoms with Crippen LogP contribution >= 0.6 is 0 Å². The SMILES string of the molecule is O=C(O)CN(CC(=O)O)CC(=O)NC1CC1.